The van der Waals surface area contributed by atoms with Crippen LogP contribution >= 0.6 is 0 Å². The van der Waals surface area contributed by atoms with Crippen LogP contribution in [0.3, 0.4) is 0 Å². The van der Waals surface area contributed by atoms with Gasteiger partial charge in [0, 0.05) is 30.0 Å². The molecule has 1 aromatic carbocycles. The highest BCUT2D eigenvalue weighted by Crippen LogP contribution is 2.29. The van der Waals surface area contributed by atoms with Crippen molar-refractivity contribution in [2.24, 2.45) is 0 Å². The normalized spacial score (nSPS) is 23.4. The third kappa shape index (κ3) is 3.90. The molecule has 0 saturated carbocycles. The Morgan fingerprint density at radius 1 is 1.30 bits per heavy atom. The number of H-pyrrole nitrogens is 1. The molecular formula is C16H21FN4O4S2. The average molecular weight is 417 g/mol. The van der Waals surface area contributed by atoms with Gasteiger partial charge < -0.3 is 0 Å². The second kappa shape index (κ2) is 6.95. The van der Waals surface area contributed by atoms with Crippen LogP contribution in [0.4, 0.5) is 4.39 Å². The molecule has 0 bridgehead atoms. The van der Waals surface area contributed by atoms with E-state index in [-0.39, 0.29) is 29.1 Å². The van der Waals surface area contributed by atoms with Gasteiger partial charge in [0.15, 0.2) is 5.82 Å². The van der Waals surface area contributed by atoms with E-state index in [4.69, 9.17) is 0 Å². The van der Waals surface area contributed by atoms with Gasteiger partial charge in [-0.1, -0.05) is 12.1 Å². The Kier molecular flexibility index (Phi) is 5.12. The van der Waals surface area contributed by atoms with E-state index in [1.165, 1.54) is 22.5 Å². The summed E-state index contributed by atoms with van der Waals surface area (Å²) >= 11 is 0. The number of sulfone groups is 1. The Morgan fingerprint density at radius 3 is 2.59 bits per heavy atom. The first-order valence-electron chi connectivity index (χ1n) is 8.42. The molecule has 27 heavy (non-hydrogen) atoms. The summed E-state index contributed by atoms with van der Waals surface area (Å²) in [6.45, 7) is 3.43. The van der Waals surface area contributed by atoms with E-state index in [1.54, 1.807) is 6.92 Å². The molecule has 0 aliphatic carbocycles. The van der Waals surface area contributed by atoms with E-state index in [1.807, 2.05) is 6.92 Å². The summed E-state index contributed by atoms with van der Waals surface area (Å²) < 4.78 is 64.0. The fraction of sp³-hybridized carbons (Fsp3) is 0.500. The average Bonchev–Trinajstić information content (AvgIpc) is 3.07. The minimum Gasteiger partial charge on any atom is -0.249 e. The lowest BCUT2D eigenvalue weighted by Gasteiger charge is -2.36. The highest BCUT2D eigenvalue weighted by atomic mass is 32.2. The highest BCUT2D eigenvalue weighted by Gasteiger charge is 2.37. The van der Waals surface area contributed by atoms with Gasteiger partial charge in [0.25, 0.3) is 0 Å². The second-order valence-electron chi connectivity index (χ2n) is 6.87. The largest absolute Gasteiger partial charge is 0.249 e. The van der Waals surface area contributed by atoms with Gasteiger partial charge in [0.05, 0.1) is 5.25 Å². The van der Waals surface area contributed by atoms with Gasteiger partial charge in [0.1, 0.15) is 5.82 Å². The van der Waals surface area contributed by atoms with E-state index in [0.29, 0.717) is 12.0 Å². The molecule has 2 aromatic rings. The number of aromatic amines is 1. The van der Waals surface area contributed by atoms with Crippen molar-refractivity contribution in [1.82, 2.24) is 19.5 Å². The topological polar surface area (TPSA) is 113 Å². The van der Waals surface area contributed by atoms with Gasteiger partial charge in [-0.25, -0.2) is 26.3 Å². The molecule has 1 aliphatic rings. The lowest BCUT2D eigenvalue weighted by molar-refractivity contribution is 0.281. The van der Waals surface area contributed by atoms with Crippen molar-refractivity contribution in [3.63, 3.8) is 0 Å². The Balaban J connectivity index is 1.88. The molecule has 2 atom stereocenters. The van der Waals surface area contributed by atoms with Crippen molar-refractivity contribution in [3.8, 4) is 11.4 Å². The summed E-state index contributed by atoms with van der Waals surface area (Å²) in [5.74, 6) is -0.549. The first kappa shape index (κ1) is 19.9. The molecule has 0 amide bonds. The van der Waals surface area contributed by atoms with E-state index in [9.17, 15) is 21.2 Å². The molecule has 8 nitrogen and oxygen atoms in total. The van der Waals surface area contributed by atoms with E-state index in [0.717, 1.165) is 12.7 Å². The number of hydrogen-bond acceptors (Lipinski definition) is 6. The molecule has 1 aromatic heterocycles. The van der Waals surface area contributed by atoms with E-state index < -0.39 is 30.9 Å². The molecule has 1 unspecified atom stereocenters. The minimum absolute atomic E-state index is 0.0495. The number of nitrogens with zero attached hydrogens (tertiary/aromatic N) is 3. The first-order chi connectivity index (χ1) is 12.5. The van der Waals surface area contributed by atoms with Crippen LogP contribution in [0.25, 0.3) is 11.4 Å². The van der Waals surface area contributed by atoms with Gasteiger partial charge in [-0.3, -0.25) is 0 Å². The summed E-state index contributed by atoms with van der Waals surface area (Å²) in [4.78, 5) is 3.86. The van der Waals surface area contributed by atoms with Gasteiger partial charge in [0.2, 0.25) is 25.0 Å². The van der Waals surface area contributed by atoms with Gasteiger partial charge in [-0.15, -0.1) is 0 Å². The van der Waals surface area contributed by atoms with Crippen LogP contribution in [-0.4, -0.2) is 53.9 Å². The number of benzene rings is 1. The number of halogens is 1. The van der Waals surface area contributed by atoms with Crippen LogP contribution in [0.2, 0.25) is 0 Å². The Bertz CT molecular complexity index is 1070. The zero-order valence-corrected chi connectivity index (χ0v) is 16.8. The van der Waals surface area contributed by atoms with Crippen LogP contribution in [0.1, 0.15) is 32.3 Å². The van der Waals surface area contributed by atoms with E-state index in [2.05, 4.69) is 15.2 Å². The summed E-state index contributed by atoms with van der Waals surface area (Å²) in [5, 5.41) is 5.31. The molecular weight excluding hydrogens is 395 g/mol. The zero-order valence-electron chi connectivity index (χ0n) is 15.2. The molecule has 1 N–H and O–H groups in total. The lowest BCUT2D eigenvalue weighted by atomic mass is 10.1. The number of hydrogen-bond donors (Lipinski definition) is 1. The Labute approximate surface area is 157 Å². The third-order valence-electron chi connectivity index (χ3n) is 4.77. The minimum atomic E-state index is -3.55. The van der Waals surface area contributed by atoms with Crippen LogP contribution in [-0.2, 0) is 26.4 Å². The van der Waals surface area contributed by atoms with E-state index >= 15 is 0 Å². The van der Waals surface area contributed by atoms with Crippen molar-refractivity contribution in [3.05, 3.63) is 29.6 Å². The number of nitrogens with one attached hydrogen (secondary N) is 1. The number of sulfonamides is 1. The summed E-state index contributed by atoms with van der Waals surface area (Å²) in [5.41, 5.74) is 0.535. The number of aromatic nitrogens is 3. The van der Waals surface area contributed by atoms with Crippen LogP contribution in [0.15, 0.2) is 23.4 Å². The summed E-state index contributed by atoms with van der Waals surface area (Å²) in [6.07, 6.45) is 2.31. The summed E-state index contributed by atoms with van der Waals surface area (Å²) in [7, 11) is -7.02. The highest BCUT2D eigenvalue weighted by molar-refractivity contribution is 7.90. The van der Waals surface area contributed by atoms with Gasteiger partial charge >= 0.3 is 0 Å². The maximum absolute atomic E-state index is 14.6. The quantitative estimate of drug-likeness (QED) is 0.812. The molecule has 0 spiro atoms. The Morgan fingerprint density at radius 2 is 2.00 bits per heavy atom. The SMILES string of the molecule is CC1CC[C@H](C)N(Cc2ccc(-c3n[nH]c(S(C)(=O)=O)n3)cc2F)S1(=O)=O. The summed E-state index contributed by atoms with van der Waals surface area (Å²) in [6, 6.07) is 3.99. The predicted octanol–water partition coefficient (Wildman–Crippen LogP) is 1.72. The third-order valence-corrected chi connectivity index (χ3v) is 8.05. The molecule has 1 aliphatic heterocycles. The van der Waals surface area contributed by atoms with Crippen molar-refractivity contribution < 1.29 is 21.2 Å². The maximum atomic E-state index is 14.6. The molecule has 1 fully saturated rings. The van der Waals surface area contributed by atoms with Crippen molar-refractivity contribution >= 4 is 19.9 Å². The smallest absolute Gasteiger partial charge is 0.243 e. The maximum Gasteiger partial charge on any atom is 0.243 e. The lowest BCUT2D eigenvalue weighted by Crippen LogP contribution is -2.47. The van der Waals surface area contributed by atoms with Crippen molar-refractivity contribution in [2.45, 2.75) is 49.7 Å². The molecule has 148 valence electrons. The molecule has 2 heterocycles. The second-order valence-corrected chi connectivity index (χ2v) is 11.1. The van der Waals surface area contributed by atoms with Crippen LogP contribution in [0.5, 0.6) is 0 Å². The first-order valence-corrected chi connectivity index (χ1v) is 11.8. The number of rotatable bonds is 4. The molecule has 0 radical (unpaired) electrons. The van der Waals surface area contributed by atoms with Gasteiger partial charge in [-0.05, 0) is 32.8 Å². The zero-order chi connectivity index (χ0) is 20.0. The molecule has 1 saturated heterocycles. The van der Waals surface area contributed by atoms with Crippen LogP contribution in [0, 0.1) is 5.82 Å². The predicted molar refractivity (Wildman–Crippen MR) is 97.5 cm³/mol. The van der Waals surface area contributed by atoms with Crippen LogP contribution < -0.4 is 0 Å². The molecule has 3 rings (SSSR count). The van der Waals surface area contributed by atoms with Gasteiger partial charge in [-0.2, -0.15) is 14.4 Å². The molecule has 11 heteroatoms. The standard InChI is InChI=1S/C16H21FN4O4S2/c1-10-4-5-11(2)27(24,25)21(10)9-13-7-6-12(8-14(13)17)15-18-16(20-19-15)26(3,22)23/h6-8,10-11H,4-5,9H2,1-3H3,(H,18,19,20)/t10-,11?/m0/s1. The Hall–Kier alpha value is -1.85. The van der Waals surface area contributed by atoms with Crippen molar-refractivity contribution in [1.29, 1.82) is 0 Å². The fourth-order valence-electron chi connectivity index (χ4n) is 3.02. The monoisotopic (exact) mass is 416 g/mol. The fourth-order valence-corrected chi connectivity index (χ4v) is 5.31. The van der Waals surface area contributed by atoms with Crippen molar-refractivity contribution in [2.75, 3.05) is 6.26 Å².